The quantitative estimate of drug-likeness (QED) is 0.0228. The third kappa shape index (κ3) is 36.7. The highest BCUT2D eigenvalue weighted by Gasteiger charge is 2.50. The summed E-state index contributed by atoms with van der Waals surface area (Å²) in [6.07, 6.45) is 38.7. The number of unbranched alkanes of at least 4 members (excludes halogenated alkanes) is 30. The fourth-order valence-corrected chi connectivity index (χ4v) is 8.58. The number of carbonyl (C=O) groups is 4. The van der Waals surface area contributed by atoms with Crippen LogP contribution in [0.4, 0.5) is 0 Å². The number of carbonyl (C=O) groups excluding carboxylic acids is 3. The third-order valence-corrected chi connectivity index (χ3v) is 13.0. The fourth-order valence-electron chi connectivity index (χ4n) is 8.58. The van der Waals surface area contributed by atoms with Crippen LogP contribution in [0.3, 0.4) is 0 Å². The Morgan fingerprint density at radius 3 is 1.29 bits per heavy atom. The minimum atomic E-state index is -1.90. The van der Waals surface area contributed by atoms with Crippen molar-refractivity contribution in [2.45, 2.75) is 302 Å². The Labute approximate surface area is 419 Å². The molecule has 0 spiro atoms. The van der Waals surface area contributed by atoms with Gasteiger partial charge in [-0.3, -0.25) is 14.4 Å². The number of carboxylic acids is 1. The summed E-state index contributed by atoms with van der Waals surface area (Å²) < 4.78 is 28.3. The Hall–Kier alpha value is -2.80. The van der Waals surface area contributed by atoms with E-state index in [9.17, 15) is 34.5 Å². The van der Waals surface area contributed by atoms with Gasteiger partial charge < -0.3 is 39.0 Å². The molecule has 12 heteroatoms. The maximum atomic E-state index is 13.1. The molecule has 1 aliphatic rings. The smallest absolute Gasteiger partial charge is 0.335 e. The van der Waals surface area contributed by atoms with Gasteiger partial charge in [-0.1, -0.05) is 206 Å². The molecule has 6 unspecified atom stereocenters. The van der Waals surface area contributed by atoms with Gasteiger partial charge >= 0.3 is 23.9 Å². The molecule has 1 rings (SSSR count). The zero-order chi connectivity index (χ0) is 50.4. The third-order valence-electron chi connectivity index (χ3n) is 13.0. The molecule has 1 saturated heterocycles. The van der Waals surface area contributed by atoms with Crippen LogP contribution in [-0.2, 0) is 42.9 Å². The summed E-state index contributed by atoms with van der Waals surface area (Å²) in [7, 11) is 0. The van der Waals surface area contributed by atoms with Gasteiger partial charge in [0.2, 0.25) is 0 Å². The molecule has 0 aromatic heterocycles. The molecule has 402 valence electrons. The maximum Gasteiger partial charge on any atom is 0.335 e. The van der Waals surface area contributed by atoms with Gasteiger partial charge in [0.25, 0.3) is 0 Å². The number of rotatable bonds is 48. The van der Waals surface area contributed by atoms with Gasteiger partial charge in [-0.05, 0) is 64.2 Å². The fraction of sp³-hybridized carbons (Fsp3) is 0.860. The Balaban J connectivity index is 2.70. The zero-order valence-corrected chi connectivity index (χ0v) is 44.1. The summed E-state index contributed by atoms with van der Waals surface area (Å²) in [5.41, 5.74) is 0. The Morgan fingerprint density at radius 1 is 0.464 bits per heavy atom. The van der Waals surface area contributed by atoms with Crippen molar-refractivity contribution in [2.24, 2.45) is 0 Å². The first-order chi connectivity index (χ1) is 33.6. The summed E-state index contributed by atoms with van der Waals surface area (Å²) in [5, 5.41) is 31.4. The van der Waals surface area contributed by atoms with Crippen LogP contribution >= 0.6 is 0 Å². The van der Waals surface area contributed by atoms with Crippen molar-refractivity contribution < 1.29 is 58.2 Å². The van der Waals surface area contributed by atoms with Gasteiger partial charge in [0.15, 0.2) is 24.6 Å². The largest absolute Gasteiger partial charge is 0.479 e. The monoisotopic (exact) mass is 979 g/mol. The van der Waals surface area contributed by atoms with Crippen molar-refractivity contribution in [1.82, 2.24) is 0 Å². The van der Waals surface area contributed by atoms with Crippen LogP contribution in [0, 0.1) is 0 Å². The molecule has 3 N–H and O–H groups in total. The zero-order valence-electron chi connectivity index (χ0n) is 44.1. The average molecular weight is 979 g/mol. The average Bonchev–Trinajstić information content (AvgIpc) is 3.33. The molecule has 69 heavy (non-hydrogen) atoms. The van der Waals surface area contributed by atoms with Gasteiger partial charge in [0.05, 0.1) is 6.61 Å². The van der Waals surface area contributed by atoms with Gasteiger partial charge in [0, 0.05) is 19.3 Å². The lowest BCUT2D eigenvalue weighted by molar-refractivity contribution is -0.301. The number of hydrogen-bond donors (Lipinski definition) is 3. The van der Waals surface area contributed by atoms with Crippen molar-refractivity contribution in [3.8, 4) is 0 Å². The first kappa shape index (κ1) is 64.2. The van der Waals surface area contributed by atoms with Crippen LogP contribution in [0.1, 0.15) is 265 Å². The summed E-state index contributed by atoms with van der Waals surface area (Å²) in [6.45, 7) is 5.93. The van der Waals surface area contributed by atoms with Crippen molar-refractivity contribution in [3.63, 3.8) is 0 Å². The summed E-state index contributed by atoms with van der Waals surface area (Å²) in [6, 6.07) is 0. The van der Waals surface area contributed by atoms with Gasteiger partial charge in [-0.15, -0.1) is 0 Å². The van der Waals surface area contributed by atoms with E-state index in [1.807, 2.05) is 0 Å². The molecule has 0 radical (unpaired) electrons. The molecule has 1 fully saturated rings. The number of esters is 3. The molecule has 1 heterocycles. The lowest BCUT2D eigenvalue weighted by Crippen LogP contribution is -2.61. The molecule has 0 saturated carbocycles. The van der Waals surface area contributed by atoms with Gasteiger partial charge in [0.1, 0.15) is 18.8 Å². The van der Waals surface area contributed by atoms with E-state index in [1.165, 1.54) is 109 Å². The number of aliphatic carboxylic acids is 1. The van der Waals surface area contributed by atoms with Crippen LogP contribution in [0.5, 0.6) is 0 Å². The number of aliphatic hydroxyl groups is 2. The minimum absolute atomic E-state index is 0.0527. The van der Waals surface area contributed by atoms with E-state index in [0.717, 1.165) is 96.3 Å². The topological polar surface area (TPSA) is 175 Å². The lowest BCUT2D eigenvalue weighted by atomic mass is 9.98. The summed E-state index contributed by atoms with van der Waals surface area (Å²) in [5.74, 6) is -3.12. The summed E-state index contributed by atoms with van der Waals surface area (Å²) in [4.78, 5) is 50.9. The van der Waals surface area contributed by atoms with Crippen molar-refractivity contribution >= 4 is 23.9 Å². The van der Waals surface area contributed by atoms with Crippen molar-refractivity contribution in [2.75, 3.05) is 13.2 Å². The van der Waals surface area contributed by atoms with Crippen LogP contribution < -0.4 is 0 Å². The lowest BCUT2D eigenvalue weighted by Gasteiger charge is -2.40. The number of ether oxygens (including phenoxy) is 5. The molecule has 6 atom stereocenters. The number of allylic oxidation sites excluding steroid dienone is 4. The first-order valence-corrected chi connectivity index (χ1v) is 28.3. The van der Waals surface area contributed by atoms with E-state index in [1.54, 1.807) is 0 Å². The van der Waals surface area contributed by atoms with E-state index < -0.39 is 67.3 Å². The molecule has 0 bridgehead atoms. The molecular formula is C57H102O12. The maximum absolute atomic E-state index is 13.1. The minimum Gasteiger partial charge on any atom is -0.479 e. The molecule has 0 amide bonds. The predicted molar refractivity (Wildman–Crippen MR) is 276 cm³/mol. The standard InChI is InChI=1S/C57H102O12/c1-4-7-10-13-16-19-22-24-25-27-29-31-34-37-40-43-49(58)65-46-48(67-50(59)44-41-38-35-33-30-26-23-20-17-14-11-8-5-2)47-66-57-55(53(62)52(61)54(69-57)56(63)64)68-51(60)45-42-39-36-32-28-21-18-15-12-9-6-3/h15,18,20,23,48,52-55,57,61-62H,4-14,16-17,19,21-22,24-47H2,1-3H3,(H,63,64)/b18-15-,23-20-. The van der Waals surface area contributed by atoms with Gasteiger partial charge in [-0.25, -0.2) is 4.79 Å². The van der Waals surface area contributed by atoms with Gasteiger partial charge in [-0.2, -0.15) is 0 Å². The van der Waals surface area contributed by atoms with Crippen LogP contribution in [-0.4, -0.2) is 89.2 Å². The van der Waals surface area contributed by atoms with Crippen LogP contribution in [0.2, 0.25) is 0 Å². The summed E-state index contributed by atoms with van der Waals surface area (Å²) >= 11 is 0. The van der Waals surface area contributed by atoms with E-state index in [-0.39, 0.29) is 25.9 Å². The van der Waals surface area contributed by atoms with E-state index in [2.05, 4.69) is 45.1 Å². The number of carboxylic acid groups (broad SMARTS) is 1. The highest BCUT2D eigenvalue weighted by molar-refractivity contribution is 5.74. The highest BCUT2D eigenvalue weighted by atomic mass is 16.7. The second-order valence-corrected chi connectivity index (χ2v) is 19.6. The Kier molecular flexibility index (Phi) is 43.1. The second-order valence-electron chi connectivity index (χ2n) is 19.6. The Morgan fingerprint density at radius 2 is 0.841 bits per heavy atom. The van der Waals surface area contributed by atoms with Crippen molar-refractivity contribution in [3.05, 3.63) is 24.3 Å². The molecule has 0 aromatic rings. The second kappa shape index (κ2) is 46.3. The number of aliphatic hydroxyl groups excluding tert-OH is 2. The van der Waals surface area contributed by atoms with Crippen molar-refractivity contribution in [1.29, 1.82) is 0 Å². The number of hydrogen-bond acceptors (Lipinski definition) is 11. The molecule has 12 nitrogen and oxygen atoms in total. The van der Waals surface area contributed by atoms with E-state index >= 15 is 0 Å². The van der Waals surface area contributed by atoms with Crippen LogP contribution in [0.15, 0.2) is 24.3 Å². The predicted octanol–water partition coefficient (Wildman–Crippen LogP) is 13.9. The van der Waals surface area contributed by atoms with Crippen LogP contribution in [0.25, 0.3) is 0 Å². The first-order valence-electron chi connectivity index (χ1n) is 28.3. The van der Waals surface area contributed by atoms with E-state index in [4.69, 9.17) is 23.7 Å². The normalized spacial score (nSPS) is 18.8. The molecular weight excluding hydrogens is 877 g/mol. The molecule has 1 aliphatic heterocycles. The SMILES string of the molecule is CCCC/C=C\CCCCCCCC(=O)OC1C(OCC(COC(=O)CCCCCCCCCCCCCCCCC)OC(=O)CCCCCCC/C=C\CCCCCC)OC(C(=O)O)C(O)C1O. The Bertz CT molecular complexity index is 1300. The highest BCUT2D eigenvalue weighted by Crippen LogP contribution is 2.26. The van der Waals surface area contributed by atoms with E-state index in [0.29, 0.717) is 19.3 Å². The molecule has 0 aromatic carbocycles. The molecule has 0 aliphatic carbocycles.